The summed E-state index contributed by atoms with van der Waals surface area (Å²) in [4.78, 5) is 16.1. The maximum atomic E-state index is 12.0. The minimum absolute atomic E-state index is 0.0524. The Morgan fingerprint density at radius 3 is 2.67 bits per heavy atom. The zero-order chi connectivity index (χ0) is 17.2. The van der Waals surface area contributed by atoms with Gasteiger partial charge in [-0.3, -0.25) is 9.79 Å². The molecule has 6 nitrogen and oxygen atoms in total. The van der Waals surface area contributed by atoms with Crippen molar-refractivity contribution in [2.75, 3.05) is 33.3 Å². The van der Waals surface area contributed by atoms with E-state index in [-0.39, 0.29) is 12.0 Å². The van der Waals surface area contributed by atoms with Gasteiger partial charge >= 0.3 is 0 Å². The van der Waals surface area contributed by atoms with Gasteiger partial charge in [-0.15, -0.1) is 0 Å². The third-order valence-corrected chi connectivity index (χ3v) is 4.31. The van der Waals surface area contributed by atoms with Crippen LogP contribution in [-0.4, -0.2) is 51.3 Å². The van der Waals surface area contributed by atoms with Crippen LogP contribution in [0.1, 0.15) is 29.6 Å². The quantitative estimate of drug-likeness (QED) is 0.373. The smallest absolute Gasteiger partial charge is 0.251 e. The molecule has 1 aromatic rings. The Labute approximate surface area is 151 Å². The number of amides is 1. The van der Waals surface area contributed by atoms with E-state index >= 15 is 0 Å². The van der Waals surface area contributed by atoms with E-state index in [1.54, 1.807) is 19.2 Å². The van der Waals surface area contributed by atoms with Crippen molar-refractivity contribution in [3.63, 3.8) is 0 Å². The molecule has 1 unspecified atom stereocenters. The lowest BCUT2D eigenvalue weighted by atomic mass is 10.2. The highest BCUT2D eigenvalue weighted by atomic mass is 79.9. The molecule has 1 atom stereocenters. The van der Waals surface area contributed by atoms with Crippen molar-refractivity contribution in [1.29, 1.82) is 0 Å². The Hall–Kier alpha value is -1.60. The number of carbonyl (C=O) groups excluding carboxylic acids is 1. The standard InChI is InChI=1S/C17H25BrN4O2/c1-19-17(22-12-15-4-2-11-24-15)21-10-3-9-20-16(23)13-5-7-14(18)8-6-13/h5-8,15H,2-4,9-12H2,1H3,(H,20,23)(H2,19,21,22). The van der Waals surface area contributed by atoms with Gasteiger partial charge in [0.05, 0.1) is 6.10 Å². The van der Waals surface area contributed by atoms with Crippen molar-refractivity contribution in [2.24, 2.45) is 4.99 Å². The first-order valence-electron chi connectivity index (χ1n) is 8.29. The van der Waals surface area contributed by atoms with Crippen LogP contribution in [0.5, 0.6) is 0 Å². The van der Waals surface area contributed by atoms with Gasteiger partial charge in [0, 0.05) is 43.3 Å². The number of hydrogen-bond acceptors (Lipinski definition) is 3. The van der Waals surface area contributed by atoms with Crippen molar-refractivity contribution in [2.45, 2.75) is 25.4 Å². The van der Waals surface area contributed by atoms with Gasteiger partial charge in [-0.1, -0.05) is 15.9 Å². The molecule has 1 amide bonds. The Kier molecular flexibility index (Phi) is 8.04. The zero-order valence-corrected chi connectivity index (χ0v) is 15.6. The number of carbonyl (C=O) groups is 1. The number of nitrogens with zero attached hydrogens (tertiary/aromatic N) is 1. The Bertz CT molecular complexity index is 542. The molecule has 132 valence electrons. The highest BCUT2D eigenvalue weighted by Crippen LogP contribution is 2.11. The van der Waals surface area contributed by atoms with Gasteiger partial charge in [0.2, 0.25) is 0 Å². The Balaban J connectivity index is 1.57. The van der Waals surface area contributed by atoms with Crippen LogP contribution in [0.25, 0.3) is 0 Å². The topological polar surface area (TPSA) is 74.8 Å². The summed E-state index contributed by atoms with van der Waals surface area (Å²) in [5, 5.41) is 9.42. The second kappa shape index (κ2) is 10.3. The van der Waals surface area contributed by atoms with Crippen molar-refractivity contribution < 1.29 is 9.53 Å². The van der Waals surface area contributed by atoms with E-state index in [0.717, 1.165) is 49.4 Å². The normalized spacial score (nSPS) is 17.6. The minimum Gasteiger partial charge on any atom is -0.376 e. The maximum Gasteiger partial charge on any atom is 0.251 e. The largest absolute Gasteiger partial charge is 0.376 e. The molecule has 3 N–H and O–H groups in total. The van der Waals surface area contributed by atoms with Gasteiger partial charge in [0.25, 0.3) is 5.91 Å². The molecule has 7 heteroatoms. The number of guanidine groups is 1. The number of ether oxygens (including phenoxy) is 1. The number of benzene rings is 1. The number of rotatable bonds is 7. The minimum atomic E-state index is -0.0524. The Morgan fingerprint density at radius 1 is 1.25 bits per heavy atom. The van der Waals surface area contributed by atoms with Crippen LogP contribution in [0.2, 0.25) is 0 Å². The van der Waals surface area contributed by atoms with Gasteiger partial charge in [0.15, 0.2) is 5.96 Å². The molecule has 0 saturated carbocycles. The lowest BCUT2D eigenvalue weighted by Gasteiger charge is -2.15. The maximum absolute atomic E-state index is 12.0. The predicted molar refractivity (Wildman–Crippen MR) is 99.4 cm³/mol. The second-order valence-electron chi connectivity index (χ2n) is 5.63. The van der Waals surface area contributed by atoms with E-state index in [1.165, 1.54) is 0 Å². The van der Waals surface area contributed by atoms with E-state index in [9.17, 15) is 4.79 Å². The zero-order valence-electron chi connectivity index (χ0n) is 14.0. The molecule has 1 aromatic carbocycles. The first-order chi connectivity index (χ1) is 11.7. The fourth-order valence-corrected chi connectivity index (χ4v) is 2.70. The molecule has 0 radical (unpaired) electrons. The molecule has 1 fully saturated rings. The molecule has 1 heterocycles. The van der Waals surface area contributed by atoms with E-state index in [2.05, 4.69) is 36.9 Å². The lowest BCUT2D eigenvalue weighted by molar-refractivity contribution is 0.0953. The van der Waals surface area contributed by atoms with Crippen molar-refractivity contribution in [3.8, 4) is 0 Å². The molecule has 0 aromatic heterocycles. The first kappa shape index (κ1) is 18.7. The van der Waals surface area contributed by atoms with E-state index in [0.29, 0.717) is 12.1 Å². The molecule has 2 rings (SSSR count). The summed E-state index contributed by atoms with van der Waals surface area (Å²) in [7, 11) is 1.75. The van der Waals surface area contributed by atoms with E-state index in [1.807, 2.05) is 12.1 Å². The fraction of sp³-hybridized carbons (Fsp3) is 0.529. The molecule has 1 saturated heterocycles. The van der Waals surface area contributed by atoms with Crippen molar-refractivity contribution >= 4 is 27.8 Å². The lowest BCUT2D eigenvalue weighted by Crippen LogP contribution is -2.42. The molecule has 0 spiro atoms. The van der Waals surface area contributed by atoms with Crippen LogP contribution in [0.4, 0.5) is 0 Å². The SMILES string of the molecule is CN=C(NCCCNC(=O)c1ccc(Br)cc1)NCC1CCCO1. The van der Waals surface area contributed by atoms with Crippen LogP contribution in [0.3, 0.4) is 0 Å². The monoisotopic (exact) mass is 396 g/mol. The van der Waals surface area contributed by atoms with E-state index < -0.39 is 0 Å². The number of halogens is 1. The third kappa shape index (κ3) is 6.49. The number of hydrogen-bond donors (Lipinski definition) is 3. The van der Waals surface area contributed by atoms with Crippen LogP contribution in [0.15, 0.2) is 33.7 Å². The van der Waals surface area contributed by atoms with Crippen LogP contribution < -0.4 is 16.0 Å². The van der Waals surface area contributed by atoms with Crippen molar-refractivity contribution in [3.05, 3.63) is 34.3 Å². The van der Waals surface area contributed by atoms with E-state index in [4.69, 9.17) is 4.74 Å². The van der Waals surface area contributed by atoms with Gasteiger partial charge in [-0.25, -0.2) is 0 Å². The molecule has 0 aliphatic carbocycles. The predicted octanol–water partition coefficient (Wildman–Crippen LogP) is 1.91. The molecular weight excluding hydrogens is 372 g/mol. The summed E-state index contributed by atoms with van der Waals surface area (Å²) >= 11 is 3.36. The summed E-state index contributed by atoms with van der Waals surface area (Å²) in [6.07, 6.45) is 3.35. The fourth-order valence-electron chi connectivity index (χ4n) is 2.44. The first-order valence-corrected chi connectivity index (χ1v) is 9.08. The van der Waals surface area contributed by atoms with Gasteiger partial charge < -0.3 is 20.7 Å². The van der Waals surface area contributed by atoms with Crippen LogP contribution in [0, 0.1) is 0 Å². The van der Waals surface area contributed by atoms with Gasteiger partial charge in [-0.05, 0) is 43.5 Å². The van der Waals surface area contributed by atoms with Crippen molar-refractivity contribution in [1.82, 2.24) is 16.0 Å². The molecular formula is C17H25BrN4O2. The molecule has 1 aliphatic heterocycles. The number of aliphatic imine (C=N–C) groups is 1. The summed E-state index contributed by atoms with van der Waals surface area (Å²) in [5.41, 5.74) is 0.667. The van der Waals surface area contributed by atoms with Gasteiger partial charge in [0.1, 0.15) is 0 Å². The third-order valence-electron chi connectivity index (χ3n) is 3.78. The number of nitrogens with one attached hydrogen (secondary N) is 3. The Morgan fingerprint density at radius 2 is 2.00 bits per heavy atom. The summed E-state index contributed by atoms with van der Waals surface area (Å²) in [6.45, 7) is 2.99. The molecule has 1 aliphatic rings. The summed E-state index contributed by atoms with van der Waals surface area (Å²) in [5.74, 6) is 0.716. The molecule has 0 bridgehead atoms. The van der Waals surface area contributed by atoms with Gasteiger partial charge in [-0.2, -0.15) is 0 Å². The molecule has 24 heavy (non-hydrogen) atoms. The average Bonchev–Trinajstić information content (AvgIpc) is 3.11. The highest BCUT2D eigenvalue weighted by Gasteiger charge is 2.15. The highest BCUT2D eigenvalue weighted by molar-refractivity contribution is 9.10. The summed E-state index contributed by atoms with van der Waals surface area (Å²) < 4.78 is 6.53. The summed E-state index contributed by atoms with van der Waals surface area (Å²) in [6, 6.07) is 7.32. The average molecular weight is 397 g/mol. The van der Waals surface area contributed by atoms with Crippen LogP contribution in [-0.2, 0) is 4.74 Å². The van der Waals surface area contributed by atoms with Crippen LogP contribution >= 0.6 is 15.9 Å². The second-order valence-corrected chi connectivity index (χ2v) is 6.55.